The molecule has 0 saturated carbocycles. The molecule has 0 unspecified atom stereocenters. The predicted molar refractivity (Wildman–Crippen MR) is 66.7 cm³/mol. The summed E-state index contributed by atoms with van der Waals surface area (Å²) in [6, 6.07) is 7.75. The van der Waals surface area contributed by atoms with Crippen LogP contribution in [0.2, 0.25) is 0 Å². The molecular formula is C12H17NO3S. The van der Waals surface area contributed by atoms with Crippen LogP contribution < -0.4 is 4.74 Å². The van der Waals surface area contributed by atoms with E-state index in [9.17, 15) is 8.42 Å². The van der Waals surface area contributed by atoms with Gasteiger partial charge in [-0.1, -0.05) is 12.1 Å². The molecular weight excluding hydrogens is 238 g/mol. The summed E-state index contributed by atoms with van der Waals surface area (Å²) >= 11 is 0. The molecule has 0 amide bonds. The molecule has 0 radical (unpaired) electrons. The van der Waals surface area contributed by atoms with E-state index in [4.69, 9.17) is 4.74 Å². The first kappa shape index (κ1) is 12.4. The van der Waals surface area contributed by atoms with Crippen LogP contribution in [0.5, 0.6) is 5.75 Å². The SMILES string of the molecule is COc1cccc(CCN2CCCS2(=O)=O)c1. The molecule has 2 rings (SSSR count). The Morgan fingerprint density at radius 1 is 1.41 bits per heavy atom. The molecule has 1 aliphatic heterocycles. The van der Waals surface area contributed by atoms with Gasteiger partial charge >= 0.3 is 0 Å². The van der Waals surface area contributed by atoms with Crippen LogP contribution in [0, 0.1) is 0 Å². The highest BCUT2D eigenvalue weighted by Crippen LogP contribution is 2.16. The Hall–Kier alpha value is -1.07. The van der Waals surface area contributed by atoms with Gasteiger partial charge in [-0.05, 0) is 30.5 Å². The van der Waals surface area contributed by atoms with Crippen molar-refractivity contribution in [3.8, 4) is 5.75 Å². The van der Waals surface area contributed by atoms with Crippen LogP contribution in [0.1, 0.15) is 12.0 Å². The van der Waals surface area contributed by atoms with Crippen molar-refractivity contribution in [1.82, 2.24) is 4.31 Å². The van der Waals surface area contributed by atoms with E-state index in [1.165, 1.54) is 0 Å². The first-order chi connectivity index (χ1) is 8.12. The lowest BCUT2D eigenvalue weighted by Gasteiger charge is -2.14. The maximum atomic E-state index is 11.6. The molecule has 0 atom stereocenters. The number of methoxy groups -OCH3 is 1. The maximum absolute atomic E-state index is 11.6. The maximum Gasteiger partial charge on any atom is 0.214 e. The van der Waals surface area contributed by atoms with E-state index in [2.05, 4.69) is 0 Å². The molecule has 1 heterocycles. The lowest BCUT2D eigenvalue weighted by molar-refractivity contribution is 0.413. The second-order valence-corrected chi connectivity index (χ2v) is 6.26. The van der Waals surface area contributed by atoms with Crippen molar-refractivity contribution in [2.45, 2.75) is 12.8 Å². The Bertz CT molecular complexity index is 484. The summed E-state index contributed by atoms with van der Waals surface area (Å²) in [5.74, 6) is 1.11. The minimum absolute atomic E-state index is 0.297. The first-order valence-corrected chi connectivity index (χ1v) is 7.33. The van der Waals surface area contributed by atoms with Crippen molar-refractivity contribution in [2.24, 2.45) is 0 Å². The highest BCUT2D eigenvalue weighted by atomic mass is 32.2. The molecule has 1 aromatic carbocycles. The van der Waals surface area contributed by atoms with E-state index in [0.29, 0.717) is 18.8 Å². The van der Waals surface area contributed by atoms with Gasteiger partial charge in [0, 0.05) is 13.1 Å². The van der Waals surface area contributed by atoms with Crippen LogP contribution in [-0.4, -0.2) is 38.7 Å². The fourth-order valence-corrected chi connectivity index (χ4v) is 3.55. The van der Waals surface area contributed by atoms with Crippen LogP contribution >= 0.6 is 0 Å². The number of hydrogen-bond acceptors (Lipinski definition) is 3. The van der Waals surface area contributed by atoms with Crippen molar-refractivity contribution in [3.63, 3.8) is 0 Å². The van der Waals surface area contributed by atoms with Gasteiger partial charge in [-0.25, -0.2) is 12.7 Å². The van der Waals surface area contributed by atoms with E-state index >= 15 is 0 Å². The van der Waals surface area contributed by atoms with Crippen LogP contribution in [0.4, 0.5) is 0 Å². The molecule has 1 aromatic rings. The third-order valence-corrected chi connectivity index (χ3v) is 4.94. The highest BCUT2D eigenvalue weighted by molar-refractivity contribution is 7.89. The van der Waals surface area contributed by atoms with Crippen molar-refractivity contribution < 1.29 is 13.2 Å². The number of rotatable bonds is 4. The first-order valence-electron chi connectivity index (χ1n) is 5.72. The minimum Gasteiger partial charge on any atom is -0.497 e. The largest absolute Gasteiger partial charge is 0.497 e. The van der Waals surface area contributed by atoms with Crippen molar-refractivity contribution >= 4 is 10.0 Å². The van der Waals surface area contributed by atoms with Gasteiger partial charge < -0.3 is 4.74 Å². The number of sulfonamides is 1. The quantitative estimate of drug-likeness (QED) is 0.814. The van der Waals surface area contributed by atoms with Gasteiger partial charge in [0.2, 0.25) is 10.0 Å². The molecule has 0 aliphatic carbocycles. The van der Waals surface area contributed by atoms with Crippen LogP contribution in [0.15, 0.2) is 24.3 Å². The lowest BCUT2D eigenvalue weighted by atomic mass is 10.1. The van der Waals surface area contributed by atoms with Crippen molar-refractivity contribution in [3.05, 3.63) is 29.8 Å². The third-order valence-electron chi connectivity index (χ3n) is 2.99. The molecule has 4 nitrogen and oxygen atoms in total. The van der Waals surface area contributed by atoms with E-state index in [1.54, 1.807) is 11.4 Å². The van der Waals surface area contributed by atoms with Gasteiger partial charge in [0.15, 0.2) is 0 Å². The minimum atomic E-state index is -2.97. The zero-order valence-electron chi connectivity index (χ0n) is 9.93. The zero-order valence-corrected chi connectivity index (χ0v) is 10.7. The number of nitrogens with zero attached hydrogens (tertiary/aromatic N) is 1. The molecule has 1 saturated heterocycles. The summed E-state index contributed by atoms with van der Waals surface area (Å²) in [7, 11) is -1.34. The smallest absolute Gasteiger partial charge is 0.214 e. The van der Waals surface area contributed by atoms with Crippen molar-refractivity contribution in [2.75, 3.05) is 26.0 Å². The second kappa shape index (κ2) is 5.06. The fourth-order valence-electron chi connectivity index (χ4n) is 2.02. The summed E-state index contributed by atoms with van der Waals surface area (Å²) in [5, 5.41) is 0. The standard InChI is InChI=1S/C12H17NO3S/c1-16-12-5-2-4-11(10-12)6-8-13-7-3-9-17(13,14)15/h2,4-5,10H,3,6-9H2,1H3. The molecule has 0 N–H and O–H groups in total. The normalized spacial score (nSPS) is 19.4. The van der Waals surface area contributed by atoms with E-state index in [-0.39, 0.29) is 0 Å². The Morgan fingerprint density at radius 3 is 2.88 bits per heavy atom. The van der Waals surface area contributed by atoms with Gasteiger partial charge in [-0.3, -0.25) is 0 Å². The zero-order chi connectivity index (χ0) is 12.3. The van der Waals surface area contributed by atoms with E-state index in [0.717, 1.165) is 24.2 Å². The molecule has 1 fully saturated rings. The number of hydrogen-bond donors (Lipinski definition) is 0. The molecule has 0 spiro atoms. The Labute approximate surface area is 102 Å². The third kappa shape index (κ3) is 2.98. The van der Waals surface area contributed by atoms with E-state index < -0.39 is 10.0 Å². The summed E-state index contributed by atoms with van der Waals surface area (Å²) < 4.78 is 29.9. The number of benzene rings is 1. The molecule has 0 aromatic heterocycles. The molecule has 1 aliphatic rings. The second-order valence-electron chi connectivity index (χ2n) is 4.17. The number of ether oxygens (including phenoxy) is 1. The lowest BCUT2D eigenvalue weighted by Crippen LogP contribution is -2.27. The molecule has 94 valence electrons. The van der Waals surface area contributed by atoms with Gasteiger partial charge in [-0.2, -0.15) is 0 Å². The summed E-state index contributed by atoms with van der Waals surface area (Å²) in [6.45, 7) is 1.22. The van der Waals surface area contributed by atoms with Gasteiger partial charge in [0.1, 0.15) is 5.75 Å². The molecule has 17 heavy (non-hydrogen) atoms. The Balaban J connectivity index is 1.98. The summed E-state index contributed by atoms with van der Waals surface area (Å²) in [4.78, 5) is 0. The van der Waals surface area contributed by atoms with Crippen molar-refractivity contribution in [1.29, 1.82) is 0 Å². The van der Waals surface area contributed by atoms with Crippen LogP contribution in [0.3, 0.4) is 0 Å². The van der Waals surface area contributed by atoms with Gasteiger partial charge in [0.25, 0.3) is 0 Å². The summed E-state index contributed by atoms with van der Waals surface area (Å²) in [5.41, 5.74) is 1.10. The Morgan fingerprint density at radius 2 is 2.24 bits per heavy atom. The topological polar surface area (TPSA) is 46.6 Å². The molecule has 5 heteroatoms. The average Bonchev–Trinajstić information content (AvgIpc) is 2.66. The van der Waals surface area contributed by atoms with Crippen LogP contribution in [0.25, 0.3) is 0 Å². The van der Waals surface area contributed by atoms with Gasteiger partial charge in [0.05, 0.1) is 12.9 Å². The average molecular weight is 255 g/mol. The predicted octanol–water partition coefficient (Wildman–Crippen LogP) is 1.27. The Kier molecular flexibility index (Phi) is 3.69. The van der Waals surface area contributed by atoms with Gasteiger partial charge in [-0.15, -0.1) is 0 Å². The van der Waals surface area contributed by atoms with E-state index in [1.807, 2.05) is 24.3 Å². The highest BCUT2D eigenvalue weighted by Gasteiger charge is 2.27. The molecule has 0 bridgehead atoms. The fraction of sp³-hybridized carbons (Fsp3) is 0.500. The monoisotopic (exact) mass is 255 g/mol. The summed E-state index contributed by atoms with van der Waals surface area (Å²) in [6.07, 6.45) is 1.48. The van der Waals surface area contributed by atoms with Crippen LogP contribution in [-0.2, 0) is 16.4 Å².